The van der Waals surface area contributed by atoms with Crippen LogP contribution in [0.1, 0.15) is 26.2 Å². The first-order chi connectivity index (χ1) is 9.55. The SMILES string of the molecule is CCOC(=O)OC1/C=C/C(OC(=O)OC)CCC(O)C1. The van der Waals surface area contributed by atoms with Crippen molar-refractivity contribution in [2.24, 2.45) is 0 Å². The van der Waals surface area contributed by atoms with Gasteiger partial charge in [-0.05, 0) is 31.9 Å². The van der Waals surface area contributed by atoms with Gasteiger partial charge in [0.05, 0.1) is 19.8 Å². The zero-order valence-corrected chi connectivity index (χ0v) is 11.6. The summed E-state index contributed by atoms with van der Waals surface area (Å²) in [6, 6.07) is 0. The van der Waals surface area contributed by atoms with Gasteiger partial charge in [0.2, 0.25) is 0 Å². The Bertz CT molecular complexity index is 353. The lowest BCUT2D eigenvalue weighted by Gasteiger charge is -2.22. The van der Waals surface area contributed by atoms with Gasteiger partial charge in [-0.2, -0.15) is 0 Å². The van der Waals surface area contributed by atoms with Gasteiger partial charge in [-0.25, -0.2) is 9.59 Å². The van der Waals surface area contributed by atoms with Crippen LogP contribution >= 0.6 is 0 Å². The average molecular weight is 288 g/mol. The minimum Gasteiger partial charge on any atom is -0.438 e. The minimum absolute atomic E-state index is 0.214. The molecule has 0 heterocycles. The summed E-state index contributed by atoms with van der Waals surface area (Å²) in [7, 11) is 1.22. The van der Waals surface area contributed by atoms with Crippen LogP contribution in [0, 0.1) is 0 Å². The van der Waals surface area contributed by atoms with E-state index in [0.29, 0.717) is 12.8 Å². The zero-order chi connectivity index (χ0) is 15.0. The zero-order valence-electron chi connectivity index (χ0n) is 11.6. The van der Waals surface area contributed by atoms with Gasteiger partial charge in [0.25, 0.3) is 0 Å². The number of carbonyl (C=O) groups is 2. The third-order valence-corrected chi connectivity index (χ3v) is 2.75. The predicted octanol–water partition coefficient (Wildman–Crippen LogP) is 1.78. The summed E-state index contributed by atoms with van der Waals surface area (Å²) in [5.74, 6) is 0. The lowest BCUT2D eigenvalue weighted by molar-refractivity contribution is 0.0110. The summed E-state index contributed by atoms with van der Waals surface area (Å²) in [6.45, 7) is 1.89. The topological polar surface area (TPSA) is 91.3 Å². The highest BCUT2D eigenvalue weighted by Crippen LogP contribution is 2.18. The lowest BCUT2D eigenvalue weighted by Crippen LogP contribution is -2.27. The molecule has 0 aliphatic heterocycles. The van der Waals surface area contributed by atoms with Crippen molar-refractivity contribution in [1.82, 2.24) is 0 Å². The average Bonchev–Trinajstić information content (AvgIpc) is 2.39. The maximum absolute atomic E-state index is 11.3. The maximum Gasteiger partial charge on any atom is 0.508 e. The molecule has 7 heteroatoms. The lowest BCUT2D eigenvalue weighted by atomic mass is 10.00. The Morgan fingerprint density at radius 2 is 1.80 bits per heavy atom. The summed E-state index contributed by atoms with van der Waals surface area (Å²) < 4.78 is 19.1. The largest absolute Gasteiger partial charge is 0.508 e. The van der Waals surface area contributed by atoms with Gasteiger partial charge in [0.1, 0.15) is 12.2 Å². The highest BCUT2D eigenvalue weighted by molar-refractivity contribution is 5.60. The second kappa shape index (κ2) is 8.42. The summed E-state index contributed by atoms with van der Waals surface area (Å²) >= 11 is 0. The van der Waals surface area contributed by atoms with E-state index in [4.69, 9.17) is 9.47 Å². The highest BCUT2D eigenvalue weighted by Gasteiger charge is 2.23. The molecule has 0 bridgehead atoms. The summed E-state index contributed by atoms with van der Waals surface area (Å²) in [6.07, 6.45) is 0.993. The number of carbonyl (C=O) groups excluding carboxylic acids is 2. The molecule has 1 aliphatic rings. The summed E-state index contributed by atoms with van der Waals surface area (Å²) in [5.41, 5.74) is 0. The Morgan fingerprint density at radius 3 is 2.45 bits per heavy atom. The van der Waals surface area contributed by atoms with Crippen molar-refractivity contribution < 1.29 is 33.6 Å². The van der Waals surface area contributed by atoms with Crippen LogP contribution in [-0.2, 0) is 18.9 Å². The monoisotopic (exact) mass is 288 g/mol. The van der Waals surface area contributed by atoms with E-state index in [1.54, 1.807) is 19.1 Å². The molecule has 0 radical (unpaired) electrons. The Labute approximate surface area is 117 Å². The third kappa shape index (κ3) is 5.92. The predicted molar refractivity (Wildman–Crippen MR) is 68.2 cm³/mol. The van der Waals surface area contributed by atoms with Crippen LogP contribution in [-0.4, -0.2) is 49.4 Å². The standard InChI is InChI=1S/C13H20O7/c1-3-18-13(16)20-11-7-6-10(19-12(15)17-2)5-4-9(14)8-11/h6-7,9-11,14H,3-5,8H2,1-2H3/b7-6+. The molecule has 0 aromatic carbocycles. The van der Waals surface area contributed by atoms with Crippen LogP contribution < -0.4 is 0 Å². The normalized spacial score (nSPS) is 27.6. The molecule has 1 N–H and O–H groups in total. The van der Waals surface area contributed by atoms with Crippen molar-refractivity contribution in [3.63, 3.8) is 0 Å². The summed E-state index contributed by atoms with van der Waals surface area (Å²) in [5, 5.41) is 9.80. The Morgan fingerprint density at radius 1 is 1.15 bits per heavy atom. The number of ether oxygens (including phenoxy) is 4. The molecule has 114 valence electrons. The van der Waals surface area contributed by atoms with Gasteiger partial charge in [-0.3, -0.25) is 0 Å². The van der Waals surface area contributed by atoms with Crippen molar-refractivity contribution >= 4 is 12.3 Å². The fourth-order valence-electron chi connectivity index (χ4n) is 1.80. The van der Waals surface area contributed by atoms with Gasteiger partial charge >= 0.3 is 12.3 Å². The maximum atomic E-state index is 11.3. The quantitative estimate of drug-likeness (QED) is 0.625. The first-order valence-corrected chi connectivity index (χ1v) is 6.49. The van der Waals surface area contributed by atoms with Crippen molar-refractivity contribution in [2.75, 3.05) is 13.7 Å². The number of aliphatic hydroxyl groups is 1. The molecule has 20 heavy (non-hydrogen) atoms. The molecular weight excluding hydrogens is 268 g/mol. The molecule has 0 saturated carbocycles. The Kier molecular flexibility index (Phi) is 6.86. The molecular formula is C13H20O7. The van der Waals surface area contributed by atoms with Crippen LogP contribution in [0.25, 0.3) is 0 Å². The van der Waals surface area contributed by atoms with Gasteiger partial charge < -0.3 is 24.1 Å². The molecule has 1 aliphatic carbocycles. The molecule has 0 saturated heterocycles. The molecule has 0 fully saturated rings. The molecule has 0 aromatic rings. The van der Waals surface area contributed by atoms with Gasteiger partial charge in [0, 0.05) is 6.42 Å². The molecule has 0 amide bonds. The number of hydrogen-bond donors (Lipinski definition) is 1. The van der Waals surface area contributed by atoms with Crippen molar-refractivity contribution in [3.8, 4) is 0 Å². The molecule has 0 spiro atoms. The van der Waals surface area contributed by atoms with Crippen molar-refractivity contribution in [2.45, 2.75) is 44.5 Å². The number of methoxy groups -OCH3 is 1. The number of aliphatic hydroxyl groups excluding tert-OH is 1. The Hall–Kier alpha value is -1.76. The first-order valence-electron chi connectivity index (χ1n) is 6.49. The van der Waals surface area contributed by atoms with Crippen molar-refractivity contribution in [1.29, 1.82) is 0 Å². The van der Waals surface area contributed by atoms with E-state index in [9.17, 15) is 14.7 Å². The number of rotatable bonds is 3. The van der Waals surface area contributed by atoms with E-state index in [2.05, 4.69) is 9.47 Å². The van der Waals surface area contributed by atoms with E-state index in [1.165, 1.54) is 7.11 Å². The molecule has 7 nitrogen and oxygen atoms in total. The van der Waals surface area contributed by atoms with E-state index < -0.39 is 30.6 Å². The molecule has 3 atom stereocenters. The smallest absolute Gasteiger partial charge is 0.438 e. The fourth-order valence-corrected chi connectivity index (χ4v) is 1.80. The van der Waals surface area contributed by atoms with Crippen LogP contribution in [0.3, 0.4) is 0 Å². The third-order valence-electron chi connectivity index (χ3n) is 2.75. The van der Waals surface area contributed by atoms with Crippen LogP contribution in [0.5, 0.6) is 0 Å². The molecule has 1 rings (SSSR count). The van der Waals surface area contributed by atoms with Crippen LogP contribution in [0.15, 0.2) is 12.2 Å². The van der Waals surface area contributed by atoms with Crippen LogP contribution in [0.4, 0.5) is 9.59 Å². The van der Waals surface area contributed by atoms with Gasteiger partial charge in [0.15, 0.2) is 0 Å². The fraction of sp³-hybridized carbons (Fsp3) is 0.692. The van der Waals surface area contributed by atoms with E-state index >= 15 is 0 Å². The minimum atomic E-state index is -0.794. The van der Waals surface area contributed by atoms with Gasteiger partial charge in [-0.1, -0.05) is 0 Å². The van der Waals surface area contributed by atoms with E-state index in [1.807, 2.05) is 0 Å². The van der Waals surface area contributed by atoms with Crippen LogP contribution in [0.2, 0.25) is 0 Å². The highest BCUT2D eigenvalue weighted by atomic mass is 16.7. The summed E-state index contributed by atoms with van der Waals surface area (Å²) in [4.78, 5) is 22.3. The van der Waals surface area contributed by atoms with Gasteiger partial charge in [-0.15, -0.1) is 0 Å². The number of hydrogen-bond acceptors (Lipinski definition) is 7. The second-order valence-electron chi connectivity index (χ2n) is 4.30. The van der Waals surface area contributed by atoms with Crippen molar-refractivity contribution in [3.05, 3.63) is 12.2 Å². The van der Waals surface area contributed by atoms with E-state index in [0.717, 1.165) is 0 Å². The van der Waals surface area contributed by atoms with E-state index in [-0.39, 0.29) is 13.0 Å². The first kappa shape index (κ1) is 16.3. The molecule has 0 aromatic heterocycles. The second-order valence-corrected chi connectivity index (χ2v) is 4.30. The Balaban J connectivity index is 2.61. The molecule has 3 unspecified atom stereocenters.